The fraction of sp³-hybridized carbons (Fsp3) is 0.0667. The Morgan fingerprint density at radius 1 is 1.14 bits per heavy atom. The van der Waals surface area contributed by atoms with Crippen molar-refractivity contribution in [2.45, 2.75) is 6.54 Å². The monoisotopic (exact) mass is 284 g/mol. The van der Waals surface area contributed by atoms with E-state index in [9.17, 15) is 10.1 Å². The summed E-state index contributed by atoms with van der Waals surface area (Å²) in [5, 5.41) is 12.0. The normalized spacial score (nSPS) is 11.2. The molecule has 0 spiro atoms. The van der Waals surface area contributed by atoms with Gasteiger partial charge in [0.15, 0.2) is 0 Å². The Hall–Kier alpha value is -2.86. The zero-order chi connectivity index (χ0) is 15.2. The molecule has 0 saturated heterocycles. The number of rotatable bonds is 5. The Morgan fingerprint density at radius 2 is 1.76 bits per heavy atom. The first-order chi connectivity index (χ1) is 10.1. The lowest BCUT2D eigenvalue weighted by Gasteiger charge is -2.15. The molecule has 108 valence electrons. The summed E-state index contributed by atoms with van der Waals surface area (Å²) in [5.74, 6) is 5.88. The number of nitrogens with zero attached hydrogens (tertiary/aromatic N) is 2. The van der Waals surface area contributed by atoms with E-state index in [2.05, 4.69) is 0 Å². The molecule has 4 N–H and O–H groups in total. The quantitative estimate of drug-likeness (QED) is 0.498. The summed E-state index contributed by atoms with van der Waals surface area (Å²) in [6, 6.07) is 15.7. The molecule has 21 heavy (non-hydrogen) atoms. The average molecular weight is 284 g/mol. The molecule has 0 amide bonds. The molecule has 0 bridgehead atoms. The van der Waals surface area contributed by atoms with Gasteiger partial charge < -0.3 is 10.7 Å². The number of nitro benzene ring substituents is 1. The van der Waals surface area contributed by atoms with Crippen LogP contribution >= 0.6 is 0 Å². The summed E-state index contributed by atoms with van der Waals surface area (Å²) in [5.41, 5.74) is 8.32. The molecule has 0 aliphatic carbocycles. The minimum Gasteiger partial charge on any atom is -0.397 e. The third-order valence-electron chi connectivity index (χ3n) is 2.92. The summed E-state index contributed by atoms with van der Waals surface area (Å²) in [7, 11) is 0. The molecule has 0 aliphatic heterocycles. The fourth-order valence-electron chi connectivity index (χ4n) is 1.86. The Labute approximate surface area is 122 Å². The number of nitrogens with two attached hydrogens (primary N) is 2. The van der Waals surface area contributed by atoms with E-state index in [1.54, 1.807) is 18.3 Å². The van der Waals surface area contributed by atoms with E-state index >= 15 is 0 Å². The first-order valence-electron chi connectivity index (χ1n) is 6.33. The highest BCUT2D eigenvalue weighted by molar-refractivity contribution is 5.61. The Kier molecular flexibility index (Phi) is 4.53. The summed E-state index contributed by atoms with van der Waals surface area (Å²) < 4.78 is 0. The Bertz CT molecular complexity index is 638. The number of benzene rings is 2. The highest BCUT2D eigenvalue weighted by atomic mass is 16.6. The number of non-ortho nitro benzene ring substituents is 1. The van der Waals surface area contributed by atoms with Gasteiger partial charge in [0.2, 0.25) is 0 Å². The highest BCUT2D eigenvalue weighted by Gasteiger charge is 2.05. The largest absolute Gasteiger partial charge is 0.397 e. The van der Waals surface area contributed by atoms with Gasteiger partial charge in [0, 0.05) is 18.3 Å². The zero-order valence-corrected chi connectivity index (χ0v) is 11.3. The van der Waals surface area contributed by atoms with Crippen LogP contribution < -0.4 is 11.6 Å². The van der Waals surface area contributed by atoms with Crippen LogP contribution in [0.15, 0.2) is 60.8 Å². The topological polar surface area (TPSA) is 98.4 Å². The van der Waals surface area contributed by atoms with Crippen LogP contribution in [-0.4, -0.2) is 9.93 Å². The molecular weight excluding hydrogens is 268 g/mol. The first kappa shape index (κ1) is 14.5. The molecular formula is C15H16N4O2. The molecule has 0 unspecified atom stereocenters. The van der Waals surface area contributed by atoms with Crippen molar-refractivity contribution in [3.8, 4) is 0 Å². The summed E-state index contributed by atoms with van der Waals surface area (Å²) in [6.45, 7) is 0.408. The summed E-state index contributed by atoms with van der Waals surface area (Å²) in [6.07, 6.45) is 1.64. The predicted octanol–water partition coefficient (Wildman–Crippen LogP) is 2.23. The minimum absolute atomic E-state index is 0.0571. The summed E-state index contributed by atoms with van der Waals surface area (Å²) in [4.78, 5) is 10.1. The van der Waals surface area contributed by atoms with E-state index in [0.29, 0.717) is 12.2 Å². The van der Waals surface area contributed by atoms with Crippen molar-refractivity contribution < 1.29 is 4.92 Å². The van der Waals surface area contributed by atoms with Gasteiger partial charge in [-0.1, -0.05) is 42.5 Å². The molecule has 0 fully saturated rings. The third kappa shape index (κ3) is 4.05. The molecule has 0 aromatic heterocycles. The molecule has 0 atom stereocenters. The van der Waals surface area contributed by atoms with Crippen molar-refractivity contribution in [3.63, 3.8) is 0 Å². The third-order valence-corrected chi connectivity index (χ3v) is 2.92. The number of hydrazine groups is 1. The predicted molar refractivity (Wildman–Crippen MR) is 81.4 cm³/mol. The standard InChI is InChI=1S/C15H16N4O2/c16-15(13-4-2-1-3-5-13)11-18(17)10-12-6-8-14(9-7-12)19(20)21/h1-9,11H,10,16-17H2/b15-11-. The van der Waals surface area contributed by atoms with Gasteiger partial charge in [-0.25, -0.2) is 5.84 Å². The van der Waals surface area contributed by atoms with Crippen LogP contribution in [0.5, 0.6) is 0 Å². The smallest absolute Gasteiger partial charge is 0.269 e. The van der Waals surface area contributed by atoms with Crippen LogP contribution in [0, 0.1) is 10.1 Å². The summed E-state index contributed by atoms with van der Waals surface area (Å²) >= 11 is 0. The Morgan fingerprint density at radius 3 is 2.33 bits per heavy atom. The van der Waals surface area contributed by atoms with E-state index in [1.807, 2.05) is 30.3 Å². The molecule has 0 saturated carbocycles. The Balaban J connectivity index is 2.04. The van der Waals surface area contributed by atoms with Crippen LogP contribution in [0.25, 0.3) is 5.70 Å². The first-order valence-corrected chi connectivity index (χ1v) is 6.33. The lowest BCUT2D eigenvalue weighted by molar-refractivity contribution is -0.384. The second kappa shape index (κ2) is 6.53. The SMILES string of the molecule is N/C(=C\N(N)Cc1ccc([N+](=O)[O-])cc1)c1ccccc1. The molecule has 2 aromatic rings. The van der Waals surface area contributed by atoms with E-state index in [0.717, 1.165) is 11.1 Å². The average Bonchev–Trinajstić information content (AvgIpc) is 2.48. The molecule has 0 aliphatic rings. The van der Waals surface area contributed by atoms with Crippen LogP contribution in [0.4, 0.5) is 5.69 Å². The number of nitro groups is 1. The van der Waals surface area contributed by atoms with Crippen LogP contribution in [-0.2, 0) is 6.54 Å². The van der Waals surface area contributed by atoms with Crippen molar-refractivity contribution >= 4 is 11.4 Å². The maximum atomic E-state index is 10.6. The van der Waals surface area contributed by atoms with Gasteiger partial charge in [-0.15, -0.1) is 0 Å². The van der Waals surface area contributed by atoms with Crippen LogP contribution in [0.3, 0.4) is 0 Å². The molecule has 2 rings (SSSR count). The van der Waals surface area contributed by atoms with Gasteiger partial charge in [0.1, 0.15) is 0 Å². The van der Waals surface area contributed by atoms with Gasteiger partial charge in [-0.2, -0.15) is 0 Å². The second-order valence-corrected chi connectivity index (χ2v) is 4.55. The number of hydrogen-bond acceptors (Lipinski definition) is 5. The molecule has 6 nitrogen and oxygen atoms in total. The zero-order valence-electron chi connectivity index (χ0n) is 11.3. The molecule has 6 heteroatoms. The highest BCUT2D eigenvalue weighted by Crippen LogP contribution is 2.14. The van der Waals surface area contributed by atoms with Crippen molar-refractivity contribution in [2.24, 2.45) is 11.6 Å². The number of hydrogen-bond donors (Lipinski definition) is 2. The van der Waals surface area contributed by atoms with Crippen molar-refractivity contribution in [1.82, 2.24) is 5.01 Å². The lowest BCUT2D eigenvalue weighted by atomic mass is 10.1. The van der Waals surface area contributed by atoms with E-state index in [-0.39, 0.29) is 5.69 Å². The van der Waals surface area contributed by atoms with Crippen LogP contribution in [0.1, 0.15) is 11.1 Å². The van der Waals surface area contributed by atoms with Crippen molar-refractivity contribution in [2.75, 3.05) is 0 Å². The second-order valence-electron chi connectivity index (χ2n) is 4.55. The van der Waals surface area contributed by atoms with Gasteiger partial charge >= 0.3 is 0 Å². The lowest BCUT2D eigenvalue weighted by Crippen LogP contribution is -2.25. The van der Waals surface area contributed by atoms with Crippen molar-refractivity contribution in [3.05, 3.63) is 82.0 Å². The molecule has 0 radical (unpaired) electrons. The van der Waals surface area contributed by atoms with E-state index in [1.165, 1.54) is 17.1 Å². The fourth-order valence-corrected chi connectivity index (χ4v) is 1.86. The van der Waals surface area contributed by atoms with Gasteiger partial charge in [-0.3, -0.25) is 10.1 Å². The molecule has 0 heterocycles. The van der Waals surface area contributed by atoms with Gasteiger partial charge in [-0.05, 0) is 11.1 Å². The minimum atomic E-state index is -0.433. The van der Waals surface area contributed by atoms with Crippen LogP contribution in [0.2, 0.25) is 0 Å². The van der Waals surface area contributed by atoms with E-state index in [4.69, 9.17) is 11.6 Å². The van der Waals surface area contributed by atoms with E-state index < -0.39 is 4.92 Å². The maximum absolute atomic E-state index is 10.6. The van der Waals surface area contributed by atoms with Crippen molar-refractivity contribution in [1.29, 1.82) is 0 Å². The maximum Gasteiger partial charge on any atom is 0.269 e. The van der Waals surface area contributed by atoms with Gasteiger partial charge in [0.25, 0.3) is 5.69 Å². The van der Waals surface area contributed by atoms with Gasteiger partial charge in [0.05, 0.1) is 17.2 Å². The molecule has 2 aromatic carbocycles.